The lowest BCUT2D eigenvalue weighted by atomic mass is 9.93. The summed E-state index contributed by atoms with van der Waals surface area (Å²) in [6, 6.07) is 1.21. The summed E-state index contributed by atoms with van der Waals surface area (Å²) >= 11 is 0. The molecule has 1 saturated heterocycles. The minimum absolute atomic E-state index is 0.0301. The van der Waals surface area contributed by atoms with E-state index in [0.717, 1.165) is 45.2 Å². The van der Waals surface area contributed by atoms with Crippen molar-refractivity contribution < 1.29 is 4.79 Å². The molecule has 6 heteroatoms. The van der Waals surface area contributed by atoms with Gasteiger partial charge >= 0.3 is 0 Å². The number of nitrogens with one attached hydrogen (secondary N) is 2. The fraction of sp³-hybridized carbons (Fsp3) is 0.588. The molecule has 1 aliphatic heterocycles. The fourth-order valence-electron chi connectivity index (χ4n) is 3.20. The standard InChI is InChI=1S/C17H24N4O2/c1-12(18-16(23)13-7-3-2-4-8-13)14-11-15(22)20-17(19-14)21-9-5-6-10-21/h2-3,11-13H,4-10H2,1H3,(H,18,23)(H,19,20,22)/t12-,13-/m1/s1. The average molecular weight is 316 g/mol. The first-order valence-electron chi connectivity index (χ1n) is 8.45. The molecule has 0 radical (unpaired) electrons. The number of carbonyl (C=O) groups excluding carboxylic acids is 1. The Kier molecular flexibility index (Phi) is 4.79. The maximum Gasteiger partial charge on any atom is 0.252 e. The first-order chi connectivity index (χ1) is 11.1. The summed E-state index contributed by atoms with van der Waals surface area (Å²) in [6.07, 6.45) is 9.06. The molecule has 2 N–H and O–H groups in total. The van der Waals surface area contributed by atoms with E-state index in [1.165, 1.54) is 6.07 Å². The Morgan fingerprint density at radius 1 is 1.39 bits per heavy atom. The molecule has 2 atom stereocenters. The van der Waals surface area contributed by atoms with Crippen molar-refractivity contribution in [1.29, 1.82) is 0 Å². The predicted molar refractivity (Wildman–Crippen MR) is 89.3 cm³/mol. The van der Waals surface area contributed by atoms with Crippen molar-refractivity contribution >= 4 is 11.9 Å². The van der Waals surface area contributed by atoms with Gasteiger partial charge in [0.05, 0.1) is 11.7 Å². The van der Waals surface area contributed by atoms with Gasteiger partial charge in [0.2, 0.25) is 11.9 Å². The van der Waals surface area contributed by atoms with E-state index in [9.17, 15) is 9.59 Å². The third-order valence-electron chi connectivity index (χ3n) is 4.60. The maximum absolute atomic E-state index is 12.3. The van der Waals surface area contributed by atoms with E-state index in [1.807, 2.05) is 6.92 Å². The number of amides is 1. The molecule has 1 aliphatic carbocycles. The van der Waals surface area contributed by atoms with Gasteiger partial charge in [-0.25, -0.2) is 4.98 Å². The van der Waals surface area contributed by atoms with Gasteiger partial charge in [0.1, 0.15) is 0 Å². The lowest BCUT2D eigenvalue weighted by Crippen LogP contribution is -2.34. The molecule has 23 heavy (non-hydrogen) atoms. The molecule has 6 nitrogen and oxygen atoms in total. The smallest absolute Gasteiger partial charge is 0.252 e. The molecule has 2 heterocycles. The Morgan fingerprint density at radius 3 is 2.87 bits per heavy atom. The van der Waals surface area contributed by atoms with E-state index in [4.69, 9.17) is 0 Å². The highest BCUT2D eigenvalue weighted by Crippen LogP contribution is 2.20. The summed E-state index contributed by atoms with van der Waals surface area (Å²) in [5.74, 6) is 0.695. The number of carbonyl (C=O) groups is 1. The zero-order valence-corrected chi connectivity index (χ0v) is 13.5. The highest BCUT2D eigenvalue weighted by molar-refractivity contribution is 5.79. The molecule has 1 fully saturated rings. The Labute approximate surface area is 136 Å². The minimum Gasteiger partial charge on any atom is -0.348 e. The fourth-order valence-corrected chi connectivity index (χ4v) is 3.20. The maximum atomic E-state index is 12.3. The SMILES string of the molecule is C[C@@H](NC(=O)[C@@H]1CC=CCC1)c1cc(=O)[nH]c(N2CCCC2)n1. The number of nitrogens with zero attached hydrogens (tertiary/aromatic N) is 2. The topological polar surface area (TPSA) is 78.1 Å². The minimum atomic E-state index is -0.267. The van der Waals surface area contributed by atoms with Crippen LogP contribution in [0.2, 0.25) is 0 Å². The van der Waals surface area contributed by atoms with Gasteiger partial charge in [0.25, 0.3) is 5.56 Å². The van der Waals surface area contributed by atoms with Gasteiger partial charge in [0.15, 0.2) is 0 Å². The number of hydrogen-bond donors (Lipinski definition) is 2. The van der Waals surface area contributed by atoms with E-state index in [0.29, 0.717) is 11.6 Å². The third kappa shape index (κ3) is 3.81. The molecule has 1 amide bonds. The van der Waals surface area contributed by atoms with Gasteiger partial charge in [-0.15, -0.1) is 0 Å². The van der Waals surface area contributed by atoms with E-state index in [2.05, 4.69) is 32.3 Å². The molecule has 0 saturated carbocycles. The van der Waals surface area contributed by atoms with Crippen molar-refractivity contribution in [2.45, 2.75) is 45.1 Å². The average Bonchev–Trinajstić information content (AvgIpc) is 3.09. The van der Waals surface area contributed by atoms with Crippen LogP contribution in [0.5, 0.6) is 0 Å². The summed E-state index contributed by atoms with van der Waals surface area (Å²) in [5.41, 5.74) is 0.453. The Balaban J connectivity index is 1.71. The quantitative estimate of drug-likeness (QED) is 0.832. The molecule has 0 aromatic carbocycles. The molecule has 3 rings (SSSR count). The lowest BCUT2D eigenvalue weighted by molar-refractivity contribution is -0.125. The molecule has 0 spiro atoms. The van der Waals surface area contributed by atoms with Crippen LogP contribution in [-0.4, -0.2) is 29.0 Å². The highest BCUT2D eigenvalue weighted by atomic mass is 16.2. The highest BCUT2D eigenvalue weighted by Gasteiger charge is 2.22. The van der Waals surface area contributed by atoms with Crippen molar-refractivity contribution in [3.8, 4) is 0 Å². The van der Waals surface area contributed by atoms with Crippen molar-refractivity contribution in [3.05, 3.63) is 34.3 Å². The zero-order valence-electron chi connectivity index (χ0n) is 13.5. The van der Waals surface area contributed by atoms with Gasteiger partial charge in [-0.1, -0.05) is 12.2 Å². The number of aromatic nitrogens is 2. The molecule has 0 bridgehead atoms. The van der Waals surface area contributed by atoms with Gasteiger partial charge in [0, 0.05) is 25.1 Å². The third-order valence-corrected chi connectivity index (χ3v) is 4.60. The van der Waals surface area contributed by atoms with Crippen molar-refractivity contribution in [3.63, 3.8) is 0 Å². The Bertz CT molecular complexity index is 646. The molecular weight excluding hydrogens is 292 g/mol. The summed E-state index contributed by atoms with van der Waals surface area (Å²) in [7, 11) is 0. The second-order valence-corrected chi connectivity index (χ2v) is 6.40. The molecular formula is C17H24N4O2. The van der Waals surface area contributed by atoms with E-state index in [1.54, 1.807) is 0 Å². The number of H-pyrrole nitrogens is 1. The van der Waals surface area contributed by atoms with Crippen LogP contribution in [0.15, 0.2) is 23.0 Å². The van der Waals surface area contributed by atoms with Crippen molar-refractivity contribution in [2.75, 3.05) is 18.0 Å². The van der Waals surface area contributed by atoms with Crippen LogP contribution in [0.3, 0.4) is 0 Å². The van der Waals surface area contributed by atoms with Crippen molar-refractivity contribution in [1.82, 2.24) is 15.3 Å². The number of allylic oxidation sites excluding steroid dienone is 2. The van der Waals surface area contributed by atoms with Crippen LogP contribution in [-0.2, 0) is 4.79 Å². The molecule has 0 unspecified atom stereocenters. The van der Waals surface area contributed by atoms with Gasteiger partial charge < -0.3 is 10.2 Å². The summed E-state index contributed by atoms with van der Waals surface area (Å²) in [5, 5.41) is 3.00. The van der Waals surface area contributed by atoms with Crippen LogP contribution in [0.25, 0.3) is 0 Å². The summed E-state index contributed by atoms with van der Waals surface area (Å²) < 4.78 is 0. The van der Waals surface area contributed by atoms with Crippen LogP contribution in [0, 0.1) is 5.92 Å². The van der Waals surface area contributed by atoms with E-state index < -0.39 is 0 Å². The van der Waals surface area contributed by atoms with E-state index >= 15 is 0 Å². The summed E-state index contributed by atoms with van der Waals surface area (Å²) in [6.45, 7) is 3.72. The first kappa shape index (κ1) is 15.8. The van der Waals surface area contributed by atoms with Crippen LogP contribution >= 0.6 is 0 Å². The van der Waals surface area contributed by atoms with Crippen molar-refractivity contribution in [2.24, 2.45) is 5.92 Å². The van der Waals surface area contributed by atoms with Crippen LogP contribution < -0.4 is 15.8 Å². The Morgan fingerprint density at radius 2 is 2.17 bits per heavy atom. The molecule has 2 aliphatic rings. The zero-order chi connectivity index (χ0) is 16.2. The van der Waals surface area contributed by atoms with Gasteiger partial charge in [-0.05, 0) is 39.0 Å². The van der Waals surface area contributed by atoms with E-state index in [-0.39, 0.29) is 23.4 Å². The largest absolute Gasteiger partial charge is 0.348 e. The number of anilines is 1. The Hall–Kier alpha value is -2.11. The first-order valence-corrected chi connectivity index (χ1v) is 8.45. The lowest BCUT2D eigenvalue weighted by Gasteiger charge is -2.22. The monoisotopic (exact) mass is 316 g/mol. The molecule has 124 valence electrons. The van der Waals surface area contributed by atoms with Gasteiger partial charge in [-0.2, -0.15) is 0 Å². The normalized spacial score (nSPS) is 22.1. The molecule has 1 aromatic rings. The summed E-state index contributed by atoms with van der Waals surface area (Å²) in [4.78, 5) is 33.7. The van der Waals surface area contributed by atoms with Crippen LogP contribution in [0.4, 0.5) is 5.95 Å². The number of hydrogen-bond acceptors (Lipinski definition) is 4. The molecule has 1 aromatic heterocycles. The number of rotatable bonds is 4. The second-order valence-electron chi connectivity index (χ2n) is 6.40. The predicted octanol–water partition coefficient (Wildman–Crippen LogP) is 1.90. The van der Waals surface area contributed by atoms with Gasteiger partial charge in [-0.3, -0.25) is 14.6 Å². The second kappa shape index (κ2) is 6.98. The van der Waals surface area contributed by atoms with Crippen LogP contribution in [0.1, 0.15) is 50.8 Å². The number of aromatic amines is 1.